The molecule has 0 aromatic carbocycles. The zero-order valence-corrected chi connectivity index (χ0v) is 10.3. The Kier molecular flexibility index (Phi) is 3.94. The van der Waals surface area contributed by atoms with Gasteiger partial charge in [-0.1, -0.05) is 5.16 Å². The van der Waals surface area contributed by atoms with Gasteiger partial charge in [-0.25, -0.2) is 4.39 Å². The minimum atomic E-state index is -0.637. The maximum absolute atomic E-state index is 13.6. The summed E-state index contributed by atoms with van der Waals surface area (Å²) in [6, 6.07) is 1.47. The highest BCUT2D eigenvalue weighted by Gasteiger charge is 2.33. The molecule has 1 aromatic rings. The number of nitrogens with two attached hydrogens (primary N) is 1. The summed E-state index contributed by atoms with van der Waals surface area (Å²) in [6.07, 6.45) is 4.45. The molecule has 1 aliphatic rings. The van der Waals surface area contributed by atoms with Crippen molar-refractivity contribution in [3.63, 3.8) is 0 Å². The molecule has 0 unspecified atom stereocenters. The van der Waals surface area contributed by atoms with Crippen molar-refractivity contribution < 1.29 is 14.4 Å². The molecular weight excluding hydrogens is 251 g/mol. The van der Waals surface area contributed by atoms with Crippen molar-refractivity contribution in [3.05, 3.63) is 29.8 Å². The molecule has 1 fully saturated rings. The Morgan fingerprint density at radius 3 is 2.95 bits per heavy atom. The molecule has 6 nitrogen and oxygen atoms in total. The van der Waals surface area contributed by atoms with E-state index < -0.39 is 5.82 Å². The van der Waals surface area contributed by atoms with Crippen LogP contribution in [0.15, 0.2) is 23.6 Å². The smallest absolute Gasteiger partial charge is 0.257 e. The van der Waals surface area contributed by atoms with Crippen LogP contribution < -0.4 is 5.73 Å². The number of rotatable bonds is 5. The number of halogens is 1. The predicted octanol–water partition coefficient (Wildman–Crippen LogP) is 0.962. The van der Waals surface area contributed by atoms with Gasteiger partial charge in [0.25, 0.3) is 5.91 Å². The van der Waals surface area contributed by atoms with Crippen molar-refractivity contribution in [1.29, 1.82) is 0 Å². The third-order valence-electron chi connectivity index (χ3n) is 2.99. The van der Waals surface area contributed by atoms with E-state index in [9.17, 15) is 9.18 Å². The highest BCUT2D eigenvalue weighted by atomic mass is 19.1. The lowest BCUT2D eigenvalue weighted by molar-refractivity contribution is 0.0742. The number of pyridine rings is 1. The van der Waals surface area contributed by atoms with Crippen molar-refractivity contribution in [2.75, 3.05) is 6.54 Å². The third kappa shape index (κ3) is 3.18. The molecule has 0 atom stereocenters. The van der Waals surface area contributed by atoms with Gasteiger partial charge in [0.15, 0.2) is 5.82 Å². The molecule has 0 saturated heterocycles. The molecule has 19 heavy (non-hydrogen) atoms. The molecule has 2 rings (SSSR count). The predicted molar refractivity (Wildman–Crippen MR) is 66.3 cm³/mol. The van der Waals surface area contributed by atoms with Gasteiger partial charge in [-0.3, -0.25) is 9.78 Å². The van der Waals surface area contributed by atoms with Crippen LogP contribution in [0.3, 0.4) is 0 Å². The summed E-state index contributed by atoms with van der Waals surface area (Å²) in [5.41, 5.74) is 5.39. The average Bonchev–Trinajstić information content (AvgIpc) is 3.23. The zero-order chi connectivity index (χ0) is 13.8. The first kappa shape index (κ1) is 13.3. The number of hydrogen-bond acceptors (Lipinski definition) is 4. The Labute approximate surface area is 109 Å². The zero-order valence-electron chi connectivity index (χ0n) is 10.3. The van der Waals surface area contributed by atoms with E-state index in [4.69, 9.17) is 10.9 Å². The molecule has 1 aromatic heterocycles. The van der Waals surface area contributed by atoms with Crippen LogP contribution in [0.1, 0.15) is 29.6 Å². The van der Waals surface area contributed by atoms with E-state index in [-0.39, 0.29) is 29.8 Å². The summed E-state index contributed by atoms with van der Waals surface area (Å²) in [5.74, 6) is -0.969. The minimum absolute atomic E-state index is 0.00130. The molecule has 102 valence electrons. The first-order valence-electron chi connectivity index (χ1n) is 6.00. The fraction of sp³-hybridized carbons (Fsp3) is 0.417. The van der Waals surface area contributed by atoms with Gasteiger partial charge in [0.05, 0.1) is 11.8 Å². The Morgan fingerprint density at radius 2 is 2.37 bits per heavy atom. The molecule has 3 N–H and O–H groups in total. The SMILES string of the molecule is NC(CCN(C(=O)c1ccncc1F)C1CC1)=NO. The van der Waals surface area contributed by atoms with Crippen LogP contribution in [-0.4, -0.2) is 39.4 Å². The highest BCUT2D eigenvalue weighted by Crippen LogP contribution is 2.28. The second-order valence-electron chi connectivity index (χ2n) is 4.43. The largest absolute Gasteiger partial charge is 0.409 e. The van der Waals surface area contributed by atoms with Gasteiger partial charge in [0.2, 0.25) is 0 Å². The summed E-state index contributed by atoms with van der Waals surface area (Å²) in [4.78, 5) is 17.4. The lowest BCUT2D eigenvalue weighted by Gasteiger charge is -2.22. The maximum Gasteiger partial charge on any atom is 0.257 e. The Balaban J connectivity index is 2.11. The summed E-state index contributed by atoms with van der Waals surface area (Å²) < 4.78 is 13.6. The van der Waals surface area contributed by atoms with Gasteiger partial charge in [-0.05, 0) is 18.9 Å². The number of carbonyl (C=O) groups is 1. The topological polar surface area (TPSA) is 91.8 Å². The van der Waals surface area contributed by atoms with Gasteiger partial charge < -0.3 is 15.8 Å². The number of aromatic nitrogens is 1. The monoisotopic (exact) mass is 266 g/mol. The molecular formula is C12H15FN4O2. The molecule has 1 saturated carbocycles. The van der Waals surface area contributed by atoms with Crippen LogP contribution in [0, 0.1) is 5.82 Å². The number of hydrogen-bond donors (Lipinski definition) is 2. The van der Waals surface area contributed by atoms with Crippen molar-refractivity contribution >= 4 is 11.7 Å². The van der Waals surface area contributed by atoms with Gasteiger partial charge in [-0.15, -0.1) is 0 Å². The van der Waals surface area contributed by atoms with Crippen molar-refractivity contribution in [1.82, 2.24) is 9.88 Å². The normalized spacial score (nSPS) is 15.3. The maximum atomic E-state index is 13.6. The Morgan fingerprint density at radius 1 is 1.63 bits per heavy atom. The first-order chi connectivity index (χ1) is 9.13. The highest BCUT2D eigenvalue weighted by molar-refractivity contribution is 5.95. The molecule has 0 bridgehead atoms. The second-order valence-corrected chi connectivity index (χ2v) is 4.43. The van der Waals surface area contributed by atoms with E-state index in [0.717, 1.165) is 19.0 Å². The molecule has 1 amide bonds. The fourth-order valence-corrected chi connectivity index (χ4v) is 1.82. The minimum Gasteiger partial charge on any atom is -0.409 e. The van der Waals surface area contributed by atoms with E-state index in [2.05, 4.69) is 10.1 Å². The molecule has 0 aliphatic heterocycles. The van der Waals surface area contributed by atoms with Gasteiger partial charge in [0.1, 0.15) is 5.84 Å². The second kappa shape index (κ2) is 5.64. The van der Waals surface area contributed by atoms with E-state index >= 15 is 0 Å². The molecule has 0 radical (unpaired) electrons. The standard InChI is InChI=1S/C12H15FN4O2/c13-10-7-15-5-3-9(10)12(18)17(8-1-2-8)6-4-11(14)16-19/h3,5,7-8,19H,1-2,4,6H2,(H2,14,16). The van der Waals surface area contributed by atoms with Crippen molar-refractivity contribution in [2.45, 2.75) is 25.3 Å². The molecule has 1 heterocycles. The summed E-state index contributed by atoms with van der Waals surface area (Å²) in [6.45, 7) is 0.307. The molecule has 0 spiro atoms. The van der Waals surface area contributed by atoms with Crippen molar-refractivity contribution in [3.8, 4) is 0 Å². The van der Waals surface area contributed by atoms with E-state index in [1.807, 2.05) is 0 Å². The Hall–Kier alpha value is -2.18. The Bertz CT molecular complexity index is 502. The van der Waals surface area contributed by atoms with Crippen LogP contribution >= 0.6 is 0 Å². The third-order valence-corrected chi connectivity index (χ3v) is 2.99. The van der Waals surface area contributed by atoms with Crippen LogP contribution in [0.5, 0.6) is 0 Å². The molecule has 1 aliphatic carbocycles. The fourth-order valence-electron chi connectivity index (χ4n) is 1.82. The van der Waals surface area contributed by atoms with E-state index in [1.54, 1.807) is 4.90 Å². The van der Waals surface area contributed by atoms with Gasteiger partial charge in [-0.2, -0.15) is 0 Å². The van der Waals surface area contributed by atoms with Crippen LogP contribution in [0.25, 0.3) is 0 Å². The number of oxime groups is 1. The van der Waals surface area contributed by atoms with Crippen LogP contribution in [-0.2, 0) is 0 Å². The summed E-state index contributed by atoms with van der Waals surface area (Å²) in [7, 11) is 0. The van der Waals surface area contributed by atoms with Crippen molar-refractivity contribution in [2.24, 2.45) is 10.9 Å². The van der Waals surface area contributed by atoms with Crippen LogP contribution in [0.2, 0.25) is 0 Å². The van der Waals surface area contributed by atoms with Gasteiger partial charge in [0, 0.05) is 25.2 Å². The number of carbonyl (C=O) groups excluding carboxylic acids is 1. The first-order valence-corrected chi connectivity index (χ1v) is 6.00. The van der Waals surface area contributed by atoms with E-state index in [0.29, 0.717) is 6.54 Å². The average molecular weight is 266 g/mol. The number of amidine groups is 1. The van der Waals surface area contributed by atoms with Gasteiger partial charge >= 0.3 is 0 Å². The lowest BCUT2D eigenvalue weighted by atomic mass is 10.2. The van der Waals surface area contributed by atoms with E-state index in [1.165, 1.54) is 12.3 Å². The lowest BCUT2D eigenvalue weighted by Crippen LogP contribution is -2.36. The summed E-state index contributed by atoms with van der Waals surface area (Å²) >= 11 is 0. The number of amides is 1. The van der Waals surface area contributed by atoms with Crippen LogP contribution in [0.4, 0.5) is 4.39 Å². The summed E-state index contributed by atoms with van der Waals surface area (Å²) in [5, 5.41) is 11.4. The quantitative estimate of drug-likeness (QED) is 0.359. The number of nitrogens with zero attached hydrogens (tertiary/aromatic N) is 3. The molecule has 7 heteroatoms.